The molecule has 0 aliphatic carbocycles. The van der Waals surface area contributed by atoms with Crippen LogP contribution in [0, 0.1) is 0 Å². The van der Waals surface area contributed by atoms with Crippen molar-refractivity contribution in [3.05, 3.63) is 0 Å². The van der Waals surface area contributed by atoms with E-state index in [9.17, 15) is 9.00 Å². The first-order valence-corrected chi connectivity index (χ1v) is 7.52. The zero-order valence-electron chi connectivity index (χ0n) is 10.4. The Hall–Kier alpha value is -0.420. The molecule has 0 saturated carbocycles. The standard InChI is InChI=1S/C11H22N2O2S/c1-4-12-10-6-5-7-13(11(10)14)8-9(2)16(3)15/h9-10,12H,4-8H2,1-3H3. The number of amides is 1. The van der Waals surface area contributed by atoms with Crippen LogP contribution in [0.25, 0.3) is 0 Å². The van der Waals surface area contributed by atoms with E-state index in [4.69, 9.17) is 0 Å². The number of hydrogen-bond acceptors (Lipinski definition) is 3. The molecule has 3 atom stereocenters. The summed E-state index contributed by atoms with van der Waals surface area (Å²) in [7, 11) is -0.856. The van der Waals surface area contributed by atoms with E-state index in [-0.39, 0.29) is 17.2 Å². The Labute approximate surface area is 100 Å². The van der Waals surface area contributed by atoms with Gasteiger partial charge >= 0.3 is 0 Å². The van der Waals surface area contributed by atoms with Gasteiger partial charge in [-0.25, -0.2) is 0 Å². The zero-order valence-corrected chi connectivity index (χ0v) is 11.2. The number of nitrogens with zero attached hydrogens (tertiary/aromatic N) is 1. The van der Waals surface area contributed by atoms with E-state index in [2.05, 4.69) is 5.32 Å². The molecule has 1 aliphatic rings. The van der Waals surface area contributed by atoms with Gasteiger partial charge in [0.1, 0.15) is 0 Å². The fourth-order valence-electron chi connectivity index (χ4n) is 1.97. The van der Waals surface area contributed by atoms with Gasteiger partial charge in [0.15, 0.2) is 0 Å². The molecule has 1 fully saturated rings. The molecule has 94 valence electrons. The fourth-order valence-corrected chi connectivity index (χ4v) is 2.36. The Bertz CT molecular complexity index is 269. The van der Waals surface area contributed by atoms with Crippen LogP contribution in [0.4, 0.5) is 0 Å². The molecule has 0 aromatic heterocycles. The third-order valence-electron chi connectivity index (χ3n) is 3.03. The van der Waals surface area contributed by atoms with Crippen molar-refractivity contribution in [2.24, 2.45) is 0 Å². The first kappa shape index (κ1) is 13.6. The zero-order chi connectivity index (χ0) is 12.1. The van der Waals surface area contributed by atoms with Gasteiger partial charge in [-0.2, -0.15) is 0 Å². The molecule has 4 nitrogen and oxygen atoms in total. The summed E-state index contributed by atoms with van der Waals surface area (Å²) in [6.45, 7) is 6.18. The van der Waals surface area contributed by atoms with Crippen LogP contribution in [-0.2, 0) is 15.6 Å². The van der Waals surface area contributed by atoms with Gasteiger partial charge in [0.05, 0.1) is 6.04 Å². The van der Waals surface area contributed by atoms with Crippen molar-refractivity contribution >= 4 is 16.7 Å². The first-order chi connectivity index (χ1) is 7.56. The second-order valence-electron chi connectivity index (χ2n) is 4.35. The van der Waals surface area contributed by atoms with Crippen molar-refractivity contribution in [2.75, 3.05) is 25.9 Å². The Morgan fingerprint density at radius 1 is 1.62 bits per heavy atom. The molecule has 0 aromatic rings. The first-order valence-electron chi connectivity index (χ1n) is 5.90. The van der Waals surface area contributed by atoms with Crippen molar-refractivity contribution < 1.29 is 9.00 Å². The lowest BCUT2D eigenvalue weighted by Gasteiger charge is -2.33. The predicted octanol–water partition coefficient (Wildman–Crippen LogP) is 0.354. The second-order valence-corrected chi connectivity index (χ2v) is 6.15. The van der Waals surface area contributed by atoms with Crippen LogP contribution < -0.4 is 5.32 Å². The van der Waals surface area contributed by atoms with Crippen molar-refractivity contribution in [1.82, 2.24) is 10.2 Å². The fraction of sp³-hybridized carbons (Fsp3) is 0.909. The van der Waals surface area contributed by atoms with E-state index in [1.807, 2.05) is 18.7 Å². The van der Waals surface area contributed by atoms with Crippen LogP contribution in [0.1, 0.15) is 26.7 Å². The molecular weight excluding hydrogens is 224 g/mol. The summed E-state index contributed by atoms with van der Waals surface area (Å²) in [5.74, 6) is 0.172. The minimum Gasteiger partial charge on any atom is -0.340 e. The molecule has 1 heterocycles. The van der Waals surface area contributed by atoms with Gasteiger partial charge in [-0.15, -0.1) is 0 Å². The predicted molar refractivity (Wildman–Crippen MR) is 66.8 cm³/mol. The van der Waals surface area contributed by atoms with E-state index in [1.165, 1.54) is 0 Å². The number of likely N-dealkylation sites (tertiary alicyclic amines) is 1. The number of nitrogens with one attached hydrogen (secondary N) is 1. The highest BCUT2D eigenvalue weighted by Gasteiger charge is 2.29. The number of rotatable bonds is 5. The van der Waals surface area contributed by atoms with E-state index in [0.717, 1.165) is 25.9 Å². The van der Waals surface area contributed by atoms with Crippen molar-refractivity contribution in [2.45, 2.75) is 38.0 Å². The molecule has 0 spiro atoms. The summed E-state index contributed by atoms with van der Waals surface area (Å²) in [5.41, 5.74) is 0. The van der Waals surface area contributed by atoms with E-state index >= 15 is 0 Å². The van der Waals surface area contributed by atoms with Crippen LogP contribution in [0.5, 0.6) is 0 Å². The molecule has 1 rings (SSSR count). The minimum atomic E-state index is -0.856. The topological polar surface area (TPSA) is 49.4 Å². The molecule has 16 heavy (non-hydrogen) atoms. The van der Waals surface area contributed by atoms with Gasteiger partial charge < -0.3 is 10.2 Å². The van der Waals surface area contributed by atoms with Crippen LogP contribution in [-0.4, -0.2) is 52.2 Å². The molecule has 0 bridgehead atoms. The van der Waals surface area contributed by atoms with E-state index in [1.54, 1.807) is 6.26 Å². The lowest BCUT2D eigenvalue weighted by atomic mass is 10.0. The highest BCUT2D eigenvalue weighted by atomic mass is 32.2. The molecule has 3 unspecified atom stereocenters. The number of carbonyl (C=O) groups is 1. The van der Waals surface area contributed by atoms with Gasteiger partial charge in [-0.3, -0.25) is 9.00 Å². The highest BCUT2D eigenvalue weighted by Crippen LogP contribution is 2.13. The van der Waals surface area contributed by atoms with Crippen LogP contribution in [0.3, 0.4) is 0 Å². The Balaban J connectivity index is 2.53. The molecule has 1 aliphatic heterocycles. The second kappa shape index (κ2) is 6.35. The van der Waals surface area contributed by atoms with Gasteiger partial charge in [-0.1, -0.05) is 6.92 Å². The maximum atomic E-state index is 12.0. The molecule has 0 aromatic carbocycles. The monoisotopic (exact) mass is 246 g/mol. The van der Waals surface area contributed by atoms with Gasteiger partial charge in [-0.05, 0) is 26.3 Å². The average Bonchev–Trinajstić information content (AvgIpc) is 2.24. The van der Waals surface area contributed by atoms with Crippen LogP contribution in [0.15, 0.2) is 0 Å². The summed E-state index contributed by atoms with van der Waals surface area (Å²) in [5, 5.41) is 3.26. The number of carbonyl (C=O) groups excluding carboxylic acids is 1. The van der Waals surface area contributed by atoms with Crippen molar-refractivity contribution in [3.8, 4) is 0 Å². The third-order valence-corrected chi connectivity index (χ3v) is 4.31. The SMILES string of the molecule is CCNC1CCCN(CC(C)S(C)=O)C1=O. The highest BCUT2D eigenvalue weighted by molar-refractivity contribution is 7.84. The quantitative estimate of drug-likeness (QED) is 0.762. The maximum Gasteiger partial charge on any atom is 0.239 e. The Morgan fingerprint density at radius 3 is 2.88 bits per heavy atom. The summed E-state index contributed by atoms with van der Waals surface area (Å²) in [4.78, 5) is 13.9. The molecule has 1 N–H and O–H groups in total. The van der Waals surface area contributed by atoms with E-state index in [0.29, 0.717) is 6.54 Å². The summed E-state index contributed by atoms with van der Waals surface area (Å²) in [6, 6.07) is -0.0313. The maximum absolute atomic E-state index is 12.0. The average molecular weight is 246 g/mol. The third kappa shape index (κ3) is 3.56. The summed E-state index contributed by atoms with van der Waals surface area (Å²) in [6.07, 6.45) is 3.65. The van der Waals surface area contributed by atoms with Crippen LogP contribution in [0.2, 0.25) is 0 Å². The summed E-state index contributed by atoms with van der Waals surface area (Å²) >= 11 is 0. The van der Waals surface area contributed by atoms with Crippen LogP contribution >= 0.6 is 0 Å². The van der Waals surface area contributed by atoms with Crippen molar-refractivity contribution in [1.29, 1.82) is 0 Å². The summed E-state index contributed by atoms with van der Waals surface area (Å²) < 4.78 is 11.3. The number of hydrogen-bond donors (Lipinski definition) is 1. The van der Waals surface area contributed by atoms with Crippen molar-refractivity contribution in [3.63, 3.8) is 0 Å². The minimum absolute atomic E-state index is 0.0313. The Morgan fingerprint density at radius 2 is 2.31 bits per heavy atom. The van der Waals surface area contributed by atoms with Gasteiger partial charge in [0.2, 0.25) is 5.91 Å². The lowest BCUT2D eigenvalue weighted by molar-refractivity contribution is -0.135. The van der Waals surface area contributed by atoms with Gasteiger partial charge in [0.25, 0.3) is 0 Å². The smallest absolute Gasteiger partial charge is 0.239 e. The largest absolute Gasteiger partial charge is 0.340 e. The number of piperidine rings is 1. The normalized spacial score (nSPS) is 25.6. The molecule has 1 saturated heterocycles. The molecular formula is C11H22N2O2S. The Kier molecular flexibility index (Phi) is 5.41. The molecule has 5 heteroatoms. The molecule has 0 radical (unpaired) electrons. The number of likely N-dealkylation sites (N-methyl/N-ethyl adjacent to an activating group) is 1. The van der Waals surface area contributed by atoms with Gasteiger partial charge in [0, 0.05) is 35.4 Å². The lowest BCUT2D eigenvalue weighted by Crippen LogP contribution is -2.52. The van der Waals surface area contributed by atoms with E-state index < -0.39 is 10.8 Å². The molecule has 1 amide bonds.